The van der Waals surface area contributed by atoms with Gasteiger partial charge in [0.15, 0.2) is 0 Å². The van der Waals surface area contributed by atoms with Crippen LogP contribution >= 0.6 is 23.2 Å². The molecular weight excluding hydrogens is 605 g/mol. The molecular formula is C33H39Cl2N3O4S. The molecule has 0 spiro atoms. The normalized spacial score (nSPS) is 14.6. The van der Waals surface area contributed by atoms with Gasteiger partial charge in [-0.15, -0.1) is 0 Å². The number of hydrogen-bond donors (Lipinski definition) is 1. The van der Waals surface area contributed by atoms with Gasteiger partial charge in [0.2, 0.25) is 21.8 Å². The van der Waals surface area contributed by atoms with E-state index in [1.165, 1.54) is 4.31 Å². The van der Waals surface area contributed by atoms with Crippen molar-refractivity contribution >= 4 is 50.7 Å². The van der Waals surface area contributed by atoms with E-state index in [9.17, 15) is 18.0 Å². The second-order valence-corrected chi connectivity index (χ2v) is 13.8. The lowest BCUT2D eigenvalue weighted by atomic mass is 9.94. The molecule has 1 aliphatic carbocycles. The van der Waals surface area contributed by atoms with Crippen molar-refractivity contribution in [2.24, 2.45) is 0 Å². The molecule has 7 nitrogen and oxygen atoms in total. The van der Waals surface area contributed by atoms with Crippen LogP contribution in [0.4, 0.5) is 5.69 Å². The van der Waals surface area contributed by atoms with Crippen molar-refractivity contribution in [3.8, 4) is 0 Å². The molecule has 0 saturated heterocycles. The molecule has 0 heterocycles. The Morgan fingerprint density at radius 3 is 2.21 bits per heavy atom. The van der Waals surface area contributed by atoms with Gasteiger partial charge >= 0.3 is 0 Å². The molecule has 0 aliphatic heterocycles. The van der Waals surface area contributed by atoms with Gasteiger partial charge in [0.25, 0.3) is 0 Å². The maximum atomic E-state index is 14.0. The number of benzene rings is 3. The van der Waals surface area contributed by atoms with E-state index in [1.807, 2.05) is 48.5 Å². The number of amides is 2. The molecule has 1 unspecified atom stereocenters. The van der Waals surface area contributed by atoms with Crippen LogP contribution in [0.2, 0.25) is 10.0 Å². The van der Waals surface area contributed by atoms with Gasteiger partial charge in [-0.05, 0) is 60.7 Å². The lowest BCUT2D eigenvalue weighted by molar-refractivity contribution is -0.141. The van der Waals surface area contributed by atoms with Crippen molar-refractivity contribution in [2.75, 3.05) is 17.1 Å². The maximum Gasteiger partial charge on any atom is 0.243 e. The summed E-state index contributed by atoms with van der Waals surface area (Å²) in [5.74, 6) is -0.431. The molecule has 1 N–H and O–H groups in total. The third kappa shape index (κ3) is 9.71. The van der Waals surface area contributed by atoms with E-state index in [4.69, 9.17) is 23.2 Å². The fraction of sp³-hybridized carbons (Fsp3) is 0.394. The SMILES string of the molecule is CS(=O)(=O)N(CCCC(=O)N(Cc1ccccc1Cl)C(Cc1ccccc1)C(=O)NC1CCCCC1)c1ccc(Cl)cc1. The van der Waals surface area contributed by atoms with Crippen LogP contribution in [-0.4, -0.2) is 50.0 Å². The molecule has 1 aliphatic rings. The number of hydrogen-bond acceptors (Lipinski definition) is 4. The molecule has 1 saturated carbocycles. The summed E-state index contributed by atoms with van der Waals surface area (Å²) in [5.41, 5.74) is 2.15. The summed E-state index contributed by atoms with van der Waals surface area (Å²) in [5, 5.41) is 4.24. The quantitative estimate of drug-likeness (QED) is 0.227. The van der Waals surface area contributed by atoms with Crippen LogP contribution in [0.3, 0.4) is 0 Å². The van der Waals surface area contributed by atoms with Crippen LogP contribution in [0, 0.1) is 0 Å². The minimum Gasteiger partial charge on any atom is -0.352 e. The average molecular weight is 645 g/mol. The number of carbonyl (C=O) groups is 2. The fourth-order valence-electron chi connectivity index (χ4n) is 5.52. The molecule has 230 valence electrons. The summed E-state index contributed by atoms with van der Waals surface area (Å²) in [7, 11) is -3.61. The highest BCUT2D eigenvalue weighted by Crippen LogP contribution is 2.24. The zero-order chi connectivity index (χ0) is 30.8. The summed E-state index contributed by atoms with van der Waals surface area (Å²) in [6.45, 7) is 0.255. The first kappa shape index (κ1) is 32.8. The van der Waals surface area contributed by atoms with Gasteiger partial charge in [-0.3, -0.25) is 13.9 Å². The van der Waals surface area contributed by atoms with E-state index in [-0.39, 0.29) is 43.8 Å². The average Bonchev–Trinajstić information content (AvgIpc) is 2.99. The molecule has 1 fully saturated rings. The Labute approximate surface area is 265 Å². The summed E-state index contributed by atoms with van der Waals surface area (Å²) in [6, 6.07) is 22.8. The Morgan fingerprint density at radius 2 is 1.56 bits per heavy atom. The molecule has 4 rings (SSSR count). The van der Waals surface area contributed by atoms with Crippen molar-refractivity contribution in [1.29, 1.82) is 0 Å². The monoisotopic (exact) mass is 643 g/mol. The standard InChI is InChI=1S/C33H39Cl2N3O4S/c1-43(41,42)38(29-20-18-27(34)19-21-29)22-10-17-32(39)37(24-26-13-8-9-16-30(26)35)31(23-25-11-4-2-5-12-25)33(40)36-28-14-6-3-7-15-28/h2,4-5,8-9,11-13,16,18-21,28,31H,3,6-7,10,14-15,17,22-24H2,1H3,(H,36,40). The van der Waals surface area contributed by atoms with Gasteiger partial charge in [-0.25, -0.2) is 8.42 Å². The van der Waals surface area contributed by atoms with E-state index in [0.29, 0.717) is 22.2 Å². The van der Waals surface area contributed by atoms with Crippen LogP contribution in [0.15, 0.2) is 78.9 Å². The molecule has 0 radical (unpaired) electrons. The number of halogens is 2. The van der Waals surface area contributed by atoms with E-state index < -0.39 is 16.1 Å². The van der Waals surface area contributed by atoms with Crippen LogP contribution in [0.5, 0.6) is 0 Å². The predicted molar refractivity (Wildman–Crippen MR) is 174 cm³/mol. The van der Waals surface area contributed by atoms with Crippen LogP contribution < -0.4 is 9.62 Å². The third-order valence-electron chi connectivity index (χ3n) is 7.79. The molecule has 0 aromatic heterocycles. The lowest BCUT2D eigenvalue weighted by Gasteiger charge is -2.34. The lowest BCUT2D eigenvalue weighted by Crippen LogP contribution is -2.53. The van der Waals surface area contributed by atoms with Gasteiger partial charge < -0.3 is 10.2 Å². The van der Waals surface area contributed by atoms with Gasteiger partial charge in [0, 0.05) is 42.0 Å². The van der Waals surface area contributed by atoms with E-state index in [1.54, 1.807) is 35.2 Å². The van der Waals surface area contributed by atoms with Crippen molar-refractivity contribution in [3.63, 3.8) is 0 Å². The highest BCUT2D eigenvalue weighted by molar-refractivity contribution is 7.92. The molecule has 43 heavy (non-hydrogen) atoms. The molecule has 0 bridgehead atoms. The predicted octanol–water partition coefficient (Wildman–Crippen LogP) is 6.63. The maximum absolute atomic E-state index is 14.0. The highest BCUT2D eigenvalue weighted by atomic mass is 35.5. The van der Waals surface area contributed by atoms with Gasteiger partial charge in [-0.2, -0.15) is 0 Å². The Bertz CT molecular complexity index is 1460. The Morgan fingerprint density at radius 1 is 0.907 bits per heavy atom. The van der Waals surface area contributed by atoms with Crippen molar-refractivity contribution in [1.82, 2.24) is 10.2 Å². The van der Waals surface area contributed by atoms with Crippen molar-refractivity contribution in [3.05, 3.63) is 100 Å². The number of anilines is 1. The first-order chi connectivity index (χ1) is 20.6. The molecule has 3 aromatic carbocycles. The second kappa shape index (κ2) is 15.6. The highest BCUT2D eigenvalue weighted by Gasteiger charge is 2.32. The largest absolute Gasteiger partial charge is 0.352 e. The second-order valence-electron chi connectivity index (χ2n) is 11.1. The number of nitrogens with one attached hydrogen (secondary N) is 1. The van der Waals surface area contributed by atoms with Gasteiger partial charge in [0.05, 0.1) is 11.9 Å². The Hall–Kier alpha value is -3.07. The summed E-state index contributed by atoms with van der Waals surface area (Å²) >= 11 is 12.5. The Balaban J connectivity index is 1.59. The third-order valence-corrected chi connectivity index (χ3v) is 9.60. The van der Waals surface area contributed by atoms with E-state index >= 15 is 0 Å². The summed E-state index contributed by atoms with van der Waals surface area (Å²) in [4.78, 5) is 29.6. The molecule has 10 heteroatoms. The minimum atomic E-state index is -3.61. The zero-order valence-electron chi connectivity index (χ0n) is 24.4. The van der Waals surface area contributed by atoms with Crippen molar-refractivity contribution < 1.29 is 18.0 Å². The van der Waals surface area contributed by atoms with E-state index in [2.05, 4.69) is 5.32 Å². The Kier molecular flexibility index (Phi) is 11.9. The minimum absolute atomic E-state index is 0.0477. The van der Waals surface area contributed by atoms with Crippen LogP contribution in [0.25, 0.3) is 0 Å². The number of nitrogens with zero attached hydrogens (tertiary/aromatic N) is 2. The summed E-state index contributed by atoms with van der Waals surface area (Å²) in [6.07, 6.45) is 6.94. The number of rotatable bonds is 13. The first-order valence-electron chi connectivity index (χ1n) is 14.7. The fourth-order valence-corrected chi connectivity index (χ4v) is 6.81. The van der Waals surface area contributed by atoms with Crippen molar-refractivity contribution in [2.45, 2.75) is 70.0 Å². The van der Waals surface area contributed by atoms with Crippen LogP contribution in [0.1, 0.15) is 56.1 Å². The molecule has 3 aromatic rings. The molecule has 2 amide bonds. The summed E-state index contributed by atoms with van der Waals surface area (Å²) < 4.78 is 26.5. The van der Waals surface area contributed by atoms with Crippen LogP contribution in [-0.2, 0) is 32.6 Å². The smallest absolute Gasteiger partial charge is 0.243 e. The topological polar surface area (TPSA) is 86.8 Å². The zero-order valence-corrected chi connectivity index (χ0v) is 26.8. The molecule has 1 atom stereocenters. The number of carbonyl (C=O) groups excluding carboxylic acids is 2. The van der Waals surface area contributed by atoms with Gasteiger partial charge in [0.1, 0.15) is 6.04 Å². The first-order valence-corrected chi connectivity index (χ1v) is 17.3. The number of sulfonamides is 1. The van der Waals surface area contributed by atoms with E-state index in [0.717, 1.165) is 49.5 Å². The van der Waals surface area contributed by atoms with Gasteiger partial charge in [-0.1, -0.05) is 91.0 Å².